The smallest absolute Gasteiger partial charge is 0.339 e. The number of nitrogens with two attached hydrogens (primary N) is 1. The van der Waals surface area contributed by atoms with Crippen molar-refractivity contribution in [1.29, 1.82) is 0 Å². The molecule has 0 atom stereocenters. The maximum absolute atomic E-state index is 12.0. The van der Waals surface area contributed by atoms with Crippen LogP contribution in [0, 0.1) is 0 Å². The topological polar surface area (TPSA) is 61.5 Å². The Morgan fingerprint density at radius 1 is 1.29 bits per heavy atom. The van der Waals surface area contributed by atoms with Crippen LogP contribution in [-0.4, -0.2) is 13.1 Å². The number of hydrogen-bond donors (Lipinski definition) is 1. The van der Waals surface area contributed by atoms with Gasteiger partial charge in [0.25, 0.3) is 0 Å². The Morgan fingerprint density at radius 3 is 2.71 bits per heavy atom. The molecule has 0 aliphatic heterocycles. The number of rotatable bonds is 4. The second-order valence-corrected chi connectivity index (χ2v) is 5.59. The third kappa shape index (κ3) is 3.89. The fourth-order valence-corrected chi connectivity index (χ4v) is 2.45. The van der Waals surface area contributed by atoms with Crippen molar-refractivity contribution < 1.29 is 14.3 Å². The third-order valence-electron chi connectivity index (χ3n) is 2.81. The van der Waals surface area contributed by atoms with Crippen molar-refractivity contribution >= 4 is 39.2 Å². The average Bonchev–Trinajstić information content (AvgIpc) is 2.45. The van der Waals surface area contributed by atoms with Crippen molar-refractivity contribution in [3.8, 4) is 5.75 Å². The van der Waals surface area contributed by atoms with Gasteiger partial charge >= 0.3 is 5.97 Å². The van der Waals surface area contributed by atoms with Crippen LogP contribution in [0.5, 0.6) is 5.75 Å². The second-order valence-electron chi connectivity index (χ2n) is 4.27. The molecule has 2 aromatic rings. The van der Waals surface area contributed by atoms with E-state index in [4.69, 9.17) is 26.8 Å². The number of halogens is 2. The first-order valence-corrected chi connectivity index (χ1v) is 7.23. The highest BCUT2D eigenvalue weighted by molar-refractivity contribution is 9.10. The van der Waals surface area contributed by atoms with E-state index in [9.17, 15) is 4.79 Å². The molecule has 0 bridgehead atoms. The van der Waals surface area contributed by atoms with Gasteiger partial charge < -0.3 is 15.2 Å². The minimum Gasteiger partial charge on any atom is -0.496 e. The maximum atomic E-state index is 12.0. The van der Waals surface area contributed by atoms with E-state index in [2.05, 4.69) is 15.9 Å². The van der Waals surface area contributed by atoms with Crippen LogP contribution in [-0.2, 0) is 11.3 Å². The van der Waals surface area contributed by atoms with E-state index in [0.29, 0.717) is 11.4 Å². The number of nitrogen functional groups attached to an aromatic ring is 1. The summed E-state index contributed by atoms with van der Waals surface area (Å²) < 4.78 is 11.4. The molecule has 0 aliphatic rings. The average molecular weight is 371 g/mol. The number of carbonyl (C=O) groups is 1. The van der Waals surface area contributed by atoms with Gasteiger partial charge in [-0.2, -0.15) is 0 Å². The Kier molecular flexibility index (Phi) is 5.09. The van der Waals surface area contributed by atoms with E-state index in [1.165, 1.54) is 12.1 Å². The summed E-state index contributed by atoms with van der Waals surface area (Å²) in [4.78, 5) is 12.0. The number of anilines is 1. The van der Waals surface area contributed by atoms with Crippen LogP contribution in [0.2, 0.25) is 5.02 Å². The van der Waals surface area contributed by atoms with Crippen LogP contribution in [0.1, 0.15) is 15.9 Å². The van der Waals surface area contributed by atoms with Crippen LogP contribution in [0.15, 0.2) is 40.9 Å². The monoisotopic (exact) mass is 369 g/mol. The molecule has 0 spiro atoms. The standard InChI is InChI=1S/C15H13BrClNO3/c1-20-14-5-2-10(16)6-9(14)8-21-15(19)12-4-3-11(18)7-13(12)17/h2-7H,8,18H2,1H3. The fraction of sp³-hybridized carbons (Fsp3) is 0.133. The van der Waals surface area contributed by atoms with Gasteiger partial charge in [-0.15, -0.1) is 0 Å². The summed E-state index contributed by atoms with van der Waals surface area (Å²) in [7, 11) is 1.56. The van der Waals surface area contributed by atoms with E-state index < -0.39 is 5.97 Å². The summed E-state index contributed by atoms with van der Waals surface area (Å²) in [6, 6.07) is 10.1. The largest absolute Gasteiger partial charge is 0.496 e. The molecule has 110 valence electrons. The van der Waals surface area contributed by atoms with Crippen LogP contribution in [0.4, 0.5) is 5.69 Å². The van der Waals surface area contributed by atoms with Gasteiger partial charge in [-0.3, -0.25) is 0 Å². The van der Waals surface area contributed by atoms with E-state index in [-0.39, 0.29) is 17.2 Å². The van der Waals surface area contributed by atoms with Crippen molar-refractivity contribution in [1.82, 2.24) is 0 Å². The lowest BCUT2D eigenvalue weighted by atomic mass is 10.2. The quantitative estimate of drug-likeness (QED) is 0.651. The molecule has 6 heteroatoms. The highest BCUT2D eigenvalue weighted by atomic mass is 79.9. The molecule has 0 heterocycles. The van der Waals surface area contributed by atoms with Crippen LogP contribution < -0.4 is 10.5 Å². The molecule has 0 amide bonds. The second kappa shape index (κ2) is 6.83. The molecular formula is C15H13BrClNO3. The van der Waals surface area contributed by atoms with Gasteiger partial charge in [-0.05, 0) is 36.4 Å². The molecule has 2 N–H and O–H groups in total. The molecule has 0 fully saturated rings. The highest BCUT2D eigenvalue weighted by Gasteiger charge is 2.13. The Hall–Kier alpha value is -1.72. The molecule has 2 rings (SSSR count). The molecule has 0 saturated heterocycles. The third-order valence-corrected chi connectivity index (χ3v) is 3.62. The van der Waals surface area contributed by atoms with E-state index in [1.807, 2.05) is 12.1 Å². The number of benzene rings is 2. The predicted molar refractivity (Wildman–Crippen MR) is 85.7 cm³/mol. The van der Waals surface area contributed by atoms with Gasteiger partial charge in [0.05, 0.1) is 17.7 Å². The van der Waals surface area contributed by atoms with Crippen molar-refractivity contribution in [2.24, 2.45) is 0 Å². The van der Waals surface area contributed by atoms with Crippen molar-refractivity contribution in [3.63, 3.8) is 0 Å². The minimum atomic E-state index is -0.512. The van der Waals surface area contributed by atoms with E-state index in [0.717, 1.165) is 10.0 Å². The van der Waals surface area contributed by atoms with Crippen LogP contribution in [0.25, 0.3) is 0 Å². The molecular weight excluding hydrogens is 358 g/mol. The zero-order chi connectivity index (χ0) is 15.4. The van der Waals surface area contributed by atoms with Crippen molar-refractivity contribution in [3.05, 3.63) is 57.0 Å². The molecule has 0 aliphatic carbocycles. The summed E-state index contributed by atoms with van der Waals surface area (Å²) in [6.07, 6.45) is 0. The molecule has 0 aromatic heterocycles. The molecule has 21 heavy (non-hydrogen) atoms. The SMILES string of the molecule is COc1ccc(Br)cc1COC(=O)c1ccc(N)cc1Cl. The first-order valence-electron chi connectivity index (χ1n) is 6.06. The summed E-state index contributed by atoms with van der Waals surface area (Å²) in [5.74, 6) is 0.136. The number of carbonyl (C=O) groups excluding carboxylic acids is 1. The van der Waals surface area contributed by atoms with Gasteiger partial charge in [0.1, 0.15) is 12.4 Å². The molecule has 0 saturated carbocycles. The molecule has 2 aromatic carbocycles. The lowest BCUT2D eigenvalue weighted by Crippen LogP contribution is -2.07. The summed E-state index contributed by atoms with van der Waals surface area (Å²) in [6.45, 7) is 0.0855. The van der Waals surface area contributed by atoms with Crippen molar-refractivity contribution in [2.75, 3.05) is 12.8 Å². The van der Waals surface area contributed by atoms with Crippen LogP contribution >= 0.6 is 27.5 Å². The molecule has 4 nitrogen and oxygen atoms in total. The number of hydrogen-bond acceptors (Lipinski definition) is 4. The maximum Gasteiger partial charge on any atom is 0.339 e. The minimum absolute atomic E-state index is 0.0855. The lowest BCUT2D eigenvalue weighted by molar-refractivity contribution is 0.0470. The first kappa shape index (κ1) is 15.7. The zero-order valence-corrected chi connectivity index (χ0v) is 13.6. The summed E-state index contributed by atoms with van der Waals surface area (Å²) in [5, 5.41) is 0.265. The molecule has 0 radical (unpaired) electrons. The van der Waals surface area contributed by atoms with Gasteiger partial charge in [0, 0.05) is 15.7 Å². The van der Waals surface area contributed by atoms with Gasteiger partial charge in [-0.1, -0.05) is 27.5 Å². The number of ether oxygens (including phenoxy) is 2. The lowest BCUT2D eigenvalue weighted by Gasteiger charge is -2.10. The van der Waals surface area contributed by atoms with Crippen LogP contribution in [0.3, 0.4) is 0 Å². The first-order chi connectivity index (χ1) is 10.0. The van der Waals surface area contributed by atoms with Gasteiger partial charge in [0.15, 0.2) is 0 Å². The summed E-state index contributed by atoms with van der Waals surface area (Å²) >= 11 is 9.34. The molecule has 0 unspecified atom stereocenters. The Morgan fingerprint density at radius 2 is 2.05 bits per heavy atom. The summed E-state index contributed by atoms with van der Waals surface area (Å²) in [5.41, 5.74) is 7.11. The van der Waals surface area contributed by atoms with E-state index >= 15 is 0 Å². The highest BCUT2D eigenvalue weighted by Crippen LogP contribution is 2.25. The Bertz CT molecular complexity index is 676. The number of methoxy groups -OCH3 is 1. The zero-order valence-electron chi connectivity index (χ0n) is 11.2. The van der Waals surface area contributed by atoms with Gasteiger partial charge in [0.2, 0.25) is 0 Å². The van der Waals surface area contributed by atoms with Gasteiger partial charge in [-0.25, -0.2) is 4.79 Å². The van der Waals surface area contributed by atoms with E-state index in [1.54, 1.807) is 19.2 Å². The Balaban J connectivity index is 2.12. The van der Waals surface area contributed by atoms with Crippen molar-refractivity contribution in [2.45, 2.75) is 6.61 Å². The fourth-order valence-electron chi connectivity index (χ4n) is 1.78. The normalized spacial score (nSPS) is 10.2. The Labute approximate surface area is 135 Å². The predicted octanol–water partition coefficient (Wildman–Crippen LogP) is 4.05. The number of esters is 1.